The zero-order valence-electron chi connectivity index (χ0n) is 68.3. The number of nitrogens with one attached hydrogen (secondary N) is 5. The van der Waals surface area contributed by atoms with Gasteiger partial charge in [-0.1, -0.05) is 163 Å². The molecule has 0 aliphatic rings. The number of aliphatic carboxylic acids is 5. The number of carbonyl (C=O) groups is 9. The Balaban J connectivity index is 0.000000240. The summed E-state index contributed by atoms with van der Waals surface area (Å²) in [5.41, 5.74) is 39.5. The Hall–Kier alpha value is -13.9. The highest BCUT2D eigenvalue weighted by Gasteiger charge is 2.31. The minimum Gasteiger partial charge on any atom is -0.497 e. The molecule has 0 unspecified atom stereocenters. The highest BCUT2D eigenvalue weighted by molar-refractivity contribution is 7.89. The lowest BCUT2D eigenvalue weighted by atomic mass is 10.0. The number of amides is 4. The molecule has 10 aromatic carbocycles. The van der Waals surface area contributed by atoms with Crippen LogP contribution in [0.2, 0.25) is 0 Å². The van der Waals surface area contributed by atoms with E-state index >= 15 is 0 Å². The molecule has 124 heavy (non-hydrogen) atoms. The molecule has 20 N–H and O–H groups in total. The largest absolute Gasteiger partial charge is 0.573 e. The third-order valence-electron chi connectivity index (χ3n) is 18.2. The fourth-order valence-corrected chi connectivity index (χ4v) is 12.2. The maximum atomic E-state index is 12.3. The SMILES string of the molecule is COc1cc(C(=O)NCc2ccc(C[C@H](N)C(=O)O)cc2)ccc1C.COc1cccc(C(=O)NCc2ccc(C[C@H](N)C(=O)O)cc2)c1.COc1cccc(S(=O)(=O)NCc2ccc(C[C@H](N)C(=O)O)cc2)c1.Cc1cccc(C(=O)NCc2ccc(C[C@H](N)C(=O)O)cc2)c1.N[C@@H](Cc1ccc(CNC(=O)c2cccc(OC(F)(F)F)c2)cc1)C(=O)O. The number of aryl methyl sites for hydroxylation is 2. The first kappa shape index (κ1) is 99.0. The molecule has 34 heteroatoms. The summed E-state index contributed by atoms with van der Waals surface area (Å²) in [4.78, 5) is 102. The van der Waals surface area contributed by atoms with Gasteiger partial charge in [0.1, 0.15) is 53.2 Å². The molecule has 10 aromatic rings. The van der Waals surface area contributed by atoms with Gasteiger partial charge in [0.05, 0.1) is 26.2 Å². The van der Waals surface area contributed by atoms with Crippen LogP contribution in [-0.2, 0) is 98.8 Å². The lowest BCUT2D eigenvalue weighted by Gasteiger charge is -2.11. The van der Waals surface area contributed by atoms with Crippen LogP contribution in [0, 0.1) is 13.8 Å². The van der Waals surface area contributed by atoms with Gasteiger partial charge in [-0.2, -0.15) is 0 Å². The van der Waals surface area contributed by atoms with E-state index in [0.29, 0.717) is 53.6 Å². The van der Waals surface area contributed by atoms with Gasteiger partial charge in [-0.05, 0) is 180 Å². The monoisotopic (exact) mass is 1730 g/mol. The number of nitrogens with two attached hydrogens (primary N) is 5. The third-order valence-corrected chi connectivity index (χ3v) is 19.6. The van der Waals surface area contributed by atoms with E-state index in [1.54, 1.807) is 117 Å². The average molecular weight is 1730 g/mol. The summed E-state index contributed by atoms with van der Waals surface area (Å²) in [6.45, 7) is 5.29. The van der Waals surface area contributed by atoms with Crippen LogP contribution in [0.4, 0.5) is 13.2 Å². The van der Waals surface area contributed by atoms with Crippen molar-refractivity contribution in [3.05, 3.63) is 326 Å². The van der Waals surface area contributed by atoms with Crippen LogP contribution in [-0.4, -0.2) is 145 Å². The van der Waals surface area contributed by atoms with E-state index in [0.717, 1.165) is 78.9 Å². The van der Waals surface area contributed by atoms with E-state index < -0.39 is 88.1 Å². The number of benzene rings is 10. The van der Waals surface area contributed by atoms with E-state index in [1.807, 2.05) is 111 Å². The first-order valence-electron chi connectivity index (χ1n) is 38.1. The lowest BCUT2D eigenvalue weighted by Crippen LogP contribution is -2.32. The molecule has 0 fully saturated rings. The quantitative estimate of drug-likeness (QED) is 0.0176. The Morgan fingerprint density at radius 1 is 0.339 bits per heavy atom. The zero-order chi connectivity index (χ0) is 91.2. The molecule has 656 valence electrons. The number of ether oxygens (including phenoxy) is 4. The van der Waals surface area contributed by atoms with Crippen molar-refractivity contribution in [1.29, 1.82) is 0 Å². The van der Waals surface area contributed by atoms with Crippen LogP contribution in [0.25, 0.3) is 0 Å². The Bertz CT molecular complexity index is 5340. The predicted molar refractivity (Wildman–Crippen MR) is 456 cm³/mol. The van der Waals surface area contributed by atoms with Crippen molar-refractivity contribution >= 4 is 63.5 Å². The van der Waals surface area contributed by atoms with Crippen LogP contribution in [0.3, 0.4) is 0 Å². The molecular formula is C90H99F3N10O20S. The Labute approximate surface area is 714 Å². The van der Waals surface area contributed by atoms with Gasteiger partial charge in [0.2, 0.25) is 10.0 Å². The molecule has 10 rings (SSSR count). The molecule has 0 heterocycles. The van der Waals surface area contributed by atoms with Gasteiger partial charge in [-0.15, -0.1) is 13.2 Å². The second kappa shape index (κ2) is 49.1. The van der Waals surface area contributed by atoms with E-state index in [-0.39, 0.29) is 73.4 Å². The second-order valence-electron chi connectivity index (χ2n) is 27.9. The summed E-state index contributed by atoms with van der Waals surface area (Å²) in [6.07, 6.45) is -3.62. The number of carboxylic acids is 5. The number of carboxylic acid groups (broad SMARTS) is 5. The van der Waals surface area contributed by atoms with Crippen LogP contribution < -0.4 is 73.6 Å². The number of hydrogen-bond acceptors (Lipinski definition) is 20. The van der Waals surface area contributed by atoms with Crippen LogP contribution in [0.1, 0.15) is 108 Å². The van der Waals surface area contributed by atoms with Gasteiger partial charge >= 0.3 is 36.2 Å². The first-order valence-corrected chi connectivity index (χ1v) is 39.6. The smallest absolute Gasteiger partial charge is 0.497 e. The summed E-state index contributed by atoms with van der Waals surface area (Å²) >= 11 is 0. The normalized spacial score (nSPS) is 12.0. The molecule has 0 saturated heterocycles. The van der Waals surface area contributed by atoms with Crippen molar-refractivity contribution in [2.45, 2.75) is 120 Å². The van der Waals surface area contributed by atoms with Gasteiger partial charge in [0.15, 0.2) is 0 Å². The Kier molecular flexibility index (Phi) is 39.2. The van der Waals surface area contributed by atoms with E-state index in [4.69, 9.17) is 68.4 Å². The molecule has 5 atom stereocenters. The van der Waals surface area contributed by atoms with Gasteiger partial charge in [0.25, 0.3) is 23.6 Å². The summed E-state index contributed by atoms with van der Waals surface area (Å²) in [5.74, 6) is -4.98. The van der Waals surface area contributed by atoms with E-state index in [9.17, 15) is 64.7 Å². The number of methoxy groups -OCH3 is 3. The molecule has 0 radical (unpaired) electrons. The highest BCUT2D eigenvalue weighted by atomic mass is 32.2. The molecule has 30 nitrogen and oxygen atoms in total. The van der Waals surface area contributed by atoms with E-state index in [1.165, 1.54) is 31.4 Å². The Morgan fingerprint density at radius 2 is 0.613 bits per heavy atom. The summed E-state index contributed by atoms with van der Waals surface area (Å²) in [6, 6.07) is 61.7. The minimum atomic E-state index is -4.83. The maximum Gasteiger partial charge on any atom is 0.573 e. The molecule has 0 bridgehead atoms. The van der Waals surface area contributed by atoms with Gasteiger partial charge in [0, 0.05) is 61.0 Å². The standard InChI is InChI=1S/C19H22N2O4.C18H17F3N2O4.C18H20N2O4.C18H20N2O3.C17H20N2O5S/c1-12-3-8-15(10-17(12)25-2)18(22)21-11-14-6-4-13(5-7-14)9-16(20)19(23)24;19-18(20,21)27-14-3-1-2-13(9-14)16(24)23-10-12-6-4-11(5-7-12)8-15(22)17(25)26;1-24-15-4-2-3-14(10-15)17(21)20-11-13-7-5-12(6-8-13)9-16(19)18(22)23;1-12-3-2-4-15(9-12)17(21)20-11-14-7-5-13(6-8-14)10-16(19)18(22)23;1-24-14-3-2-4-15(10-14)25(22,23)19-11-13-7-5-12(6-8-13)9-16(18)17(20)21/h3-8,10,16H,9,11,20H2,1-2H3,(H,21,22)(H,23,24);1-7,9,15H,8,10,22H2,(H,23,24)(H,25,26);2-8,10,16H,9,11,19H2,1H3,(H,20,21)(H,22,23);2-9,16H,10-11,19H2,1H3,(H,20,21)(H,22,23);2-8,10,16,19H,9,11,18H2,1H3,(H,20,21)/t16-;15-;3*16-/m00000/s1. The lowest BCUT2D eigenvalue weighted by molar-refractivity contribution is -0.274. The number of carbonyl (C=O) groups excluding carboxylic acids is 4. The second-order valence-corrected chi connectivity index (χ2v) is 29.7. The fourth-order valence-electron chi connectivity index (χ4n) is 11.2. The zero-order valence-corrected chi connectivity index (χ0v) is 69.1. The molecular weight excluding hydrogens is 1630 g/mol. The van der Waals surface area contributed by atoms with Crippen LogP contribution in [0.5, 0.6) is 23.0 Å². The fraction of sp³-hybridized carbons (Fsp3) is 0.233. The predicted octanol–water partition coefficient (Wildman–Crippen LogP) is 8.94. The van der Waals surface area contributed by atoms with Crippen molar-refractivity contribution in [2.75, 3.05) is 21.3 Å². The first-order chi connectivity index (χ1) is 58.8. The van der Waals surface area contributed by atoms with Gasteiger partial charge in [-0.3, -0.25) is 43.2 Å². The van der Waals surface area contributed by atoms with Crippen LogP contribution in [0.15, 0.2) is 241 Å². The van der Waals surface area contributed by atoms with Crippen molar-refractivity contribution in [3.8, 4) is 23.0 Å². The number of rotatable bonds is 35. The molecule has 0 aliphatic carbocycles. The minimum absolute atomic E-state index is 0.0285. The number of hydrogen-bond donors (Lipinski definition) is 15. The summed E-state index contributed by atoms with van der Waals surface area (Å²) in [5, 5.41) is 55.2. The maximum absolute atomic E-state index is 12.3. The van der Waals surface area contributed by atoms with Crippen molar-refractivity contribution in [1.82, 2.24) is 26.0 Å². The van der Waals surface area contributed by atoms with Crippen molar-refractivity contribution in [2.24, 2.45) is 28.7 Å². The summed E-state index contributed by atoms with van der Waals surface area (Å²) < 4.78 is 83.0. The molecule has 0 aliphatic heterocycles. The molecule has 4 amide bonds. The van der Waals surface area contributed by atoms with Crippen molar-refractivity contribution in [3.63, 3.8) is 0 Å². The molecule has 0 spiro atoms. The number of halogens is 3. The molecule has 0 saturated carbocycles. The van der Waals surface area contributed by atoms with E-state index in [2.05, 4.69) is 30.7 Å². The highest BCUT2D eigenvalue weighted by Crippen LogP contribution is 2.25. The molecule has 0 aromatic heterocycles. The number of sulfonamides is 1. The Morgan fingerprint density at radius 3 is 0.919 bits per heavy atom. The van der Waals surface area contributed by atoms with Gasteiger partial charge < -0.3 is 94.4 Å². The average Bonchev–Trinajstić information content (AvgIpc) is 0.829. The van der Waals surface area contributed by atoms with Crippen molar-refractivity contribution < 1.29 is 109 Å². The number of alkyl halides is 3. The van der Waals surface area contributed by atoms with Gasteiger partial charge in [-0.25, -0.2) is 13.1 Å². The van der Waals surface area contributed by atoms with Crippen LogP contribution >= 0.6 is 0 Å². The third kappa shape index (κ3) is 35.1. The topological polar surface area (TPSA) is 516 Å². The summed E-state index contributed by atoms with van der Waals surface area (Å²) in [7, 11) is 0.932.